The molecule has 4 nitrogen and oxygen atoms in total. The van der Waals surface area contributed by atoms with E-state index in [9.17, 15) is 4.79 Å². The van der Waals surface area contributed by atoms with E-state index < -0.39 is 5.97 Å². The summed E-state index contributed by atoms with van der Waals surface area (Å²) < 4.78 is 10.3. The molecule has 0 amide bonds. The summed E-state index contributed by atoms with van der Waals surface area (Å²) in [6.07, 6.45) is 22.6. The summed E-state index contributed by atoms with van der Waals surface area (Å²) in [5.74, 6) is 0.883. The summed E-state index contributed by atoms with van der Waals surface area (Å²) in [6.45, 7) is 2.27. The van der Waals surface area contributed by atoms with Crippen LogP contribution in [0.1, 0.15) is 93.9 Å². The minimum absolute atomic E-state index is 0.220. The molecule has 1 aromatic rings. The molecule has 4 rings (SSSR count). The van der Waals surface area contributed by atoms with Crippen LogP contribution >= 0.6 is 0 Å². The fourth-order valence-electron chi connectivity index (χ4n) is 5.00. The predicted octanol–water partition coefficient (Wildman–Crippen LogP) is 7.60. The highest BCUT2D eigenvalue weighted by Gasteiger charge is 2.32. The van der Waals surface area contributed by atoms with Crippen molar-refractivity contribution in [2.45, 2.75) is 77.6 Å². The number of methoxy groups -OCH3 is 1. The van der Waals surface area contributed by atoms with Gasteiger partial charge in [-0.1, -0.05) is 57.6 Å². The van der Waals surface area contributed by atoms with E-state index >= 15 is 0 Å². The lowest BCUT2D eigenvalue weighted by Crippen LogP contribution is -2.12. The first-order valence-electron chi connectivity index (χ1n) is 12.3. The van der Waals surface area contributed by atoms with E-state index in [0.29, 0.717) is 11.7 Å². The molecule has 2 aliphatic carbocycles. The van der Waals surface area contributed by atoms with Gasteiger partial charge >= 0.3 is 5.97 Å². The molecule has 170 valence electrons. The van der Waals surface area contributed by atoms with Gasteiger partial charge in [-0.25, -0.2) is 4.79 Å². The number of aliphatic imine (C=N–C) groups is 1. The Balaban J connectivity index is 1.51. The number of esters is 1. The Bertz CT molecular complexity index is 986. The van der Waals surface area contributed by atoms with Gasteiger partial charge in [0.25, 0.3) is 0 Å². The third-order valence-corrected chi connectivity index (χ3v) is 6.73. The first kappa shape index (κ1) is 22.6. The number of nitrogens with zero attached hydrogens (tertiary/aromatic N) is 1. The lowest BCUT2D eigenvalue weighted by atomic mass is 9.80. The Hall–Kier alpha value is -2.62. The van der Waals surface area contributed by atoms with Crippen LogP contribution in [0.25, 0.3) is 6.08 Å². The van der Waals surface area contributed by atoms with Crippen molar-refractivity contribution < 1.29 is 13.9 Å². The highest BCUT2D eigenvalue weighted by atomic mass is 16.5. The molecule has 3 aliphatic rings. The second-order valence-electron chi connectivity index (χ2n) is 9.01. The van der Waals surface area contributed by atoms with Gasteiger partial charge in [-0.3, -0.25) is 4.99 Å². The zero-order valence-corrected chi connectivity index (χ0v) is 19.5. The predicted molar refractivity (Wildman–Crippen MR) is 130 cm³/mol. The molecule has 0 radical (unpaired) electrons. The van der Waals surface area contributed by atoms with Gasteiger partial charge in [-0.05, 0) is 67.5 Å². The average Bonchev–Trinajstić information content (AvgIpc) is 3.45. The topological polar surface area (TPSA) is 51.8 Å². The van der Waals surface area contributed by atoms with Gasteiger partial charge < -0.3 is 9.15 Å². The molecule has 2 heterocycles. The third kappa shape index (κ3) is 5.06. The maximum atomic E-state index is 11.6. The fraction of sp³-hybridized carbons (Fsp3) is 0.500. The standard InChI is InChI=1S/C28H35NO3/c1-3-4-5-6-7-8-11-20-14-15-21(16-17-22-18-19-25(32-22)28(30)31-2)27-26(20)23-12-9-10-13-24(23)29-27/h14-20H,3-13H2,1-2H3/b17-16+. The number of unbranched alkanes of at least 4 members (excludes halogenated alkanes) is 5. The SMILES string of the molecule is CCCCCCCCC1C=CC(/C=C/c2ccc(C(=O)OC)o2)=C2N=C3CCCCC3=C21. The van der Waals surface area contributed by atoms with Gasteiger partial charge in [0, 0.05) is 17.2 Å². The van der Waals surface area contributed by atoms with Crippen LogP contribution in [0, 0.1) is 5.92 Å². The second-order valence-corrected chi connectivity index (χ2v) is 9.01. The van der Waals surface area contributed by atoms with Gasteiger partial charge in [-0.2, -0.15) is 0 Å². The number of fused-ring (bicyclic) bond motifs is 2. The molecular formula is C28H35NO3. The van der Waals surface area contributed by atoms with Crippen LogP contribution in [0.15, 0.2) is 62.2 Å². The first-order valence-corrected chi connectivity index (χ1v) is 12.3. The van der Waals surface area contributed by atoms with E-state index in [2.05, 4.69) is 25.2 Å². The van der Waals surface area contributed by atoms with E-state index in [1.807, 2.05) is 6.08 Å². The lowest BCUT2D eigenvalue weighted by Gasteiger charge is -2.23. The molecule has 0 aromatic carbocycles. The number of rotatable bonds is 10. The number of furan rings is 1. The molecule has 1 atom stereocenters. The average molecular weight is 434 g/mol. The number of hydrogen-bond donors (Lipinski definition) is 0. The lowest BCUT2D eigenvalue weighted by molar-refractivity contribution is 0.0564. The van der Waals surface area contributed by atoms with Crippen molar-refractivity contribution in [1.82, 2.24) is 0 Å². The van der Waals surface area contributed by atoms with Crippen molar-refractivity contribution in [3.05, 3.63) is 64.3 Å². The minimum atomic E-state index is -0.458. The smallest absolute Gasteiger partial charge is 0.373 e. The van der Waals surface area contributed by atoms with Gasteiger partial charge in [-0.15, -0.1) is 0 Å². The maximum Gasteiger partial charge on any atom is 0.373 e. The van der Waals surface area contributed by atoms with Crippen molar-refractivity contribution >= 4 is 17.8 Å². The molecule has 0 saturated heterocycles. The Kier molecular flexibility index (Phi) is 7.62. The highest BCUT2D eigenvalue weighted by molar-refractivity contribution is 6.06. The number of carbonyl (C=O) groups is 1. The van der Waals surface area contributed by atoms with Crippen LogP contribution in [0.2, 0.25) is 0 Å². The molecule has 1 unspecified atom stereocenters. The molecule has 1 saturated carbocycles. The molecule has 1 aliphatic heterocycles. The number of allylic oxidation sites excluding steroid dienone is 6. The zero-order chi connectivity index (χ0) is 22.3. The summed E-state index contributed by atoms with van der Waals surface area (Å²) in [7, 11) is 1.36. The van der Waals surface area contributed by atoms with Crippen LogP contribution in [-0.4, -0.2) is 18.8 Å². The van der Waals surface area contributed by atoms with E-state index in [1.165, 1.54) is 81.8 Å². The Morgan fingerprint density at radius 2 is 1.94 bits per heavy atom. The Morgan fingerprint density at radius 3 is 2.78 bits per heavy atom. The van der Waals surface area contributed by atoms with Crippen molar-refractivity contribution in [3.63, 3.8) is 0 Å². The zero-order valence-electron chi connectivity index (χ0n) is 19.5. The normalized spacial score (nSPS) is 20.1. The van der Waals surface area contributed by atoms with E-state index in [0.717, 1.165) is 24.1 Å². The van der Waals surface area contributed by atoms with Crippen molar-refractivity contribution in [3.8, 4) is 0 Å². The minimum Gasteiger partial charge on any atom is -0.463 e. The molecule has 1 aromatic heterocycles. The maximum absolute atomic E-state index is 11.6. The molecule has 0 N–H and O–H groups in total. The summed E-state index contributed by atoms with van der Waals surface area (Å²) in [5.41, 5.74) is 6.60. The van der Waals surface area contributed by atoms with E-state index in [4.69, 9.17) is 14.1 Å². The molecule has 4 heteroatoms. The monoisotopic (exact) mass is 433 g/mol. The Labute approximate surface area is 191 Å². The van der Waals surface area contributed by atoms with Crippen molar-refractivity contribution in [1.29, 1.82) is 0 Å². The number of hydrogen-bond acceptors (Lipinski definition) is 4. The molecule has 0 bridgehead atoms. The molecule has 0 spiro atoms. The highest BCUT2D eigenvalue weighted by Crippen LogP contribution is 2.44. The molecule has 1 fully saturated rings. The number of ether oxygens (including phenoxy) is 1. The number of carbonyl (C=O) groups excluding carboxylic acids is 1. The quantitative estimate of drug-likeness (QED) is 0.282. The second kappa shape index (κ2) is 10.8. The summed E-state index contributed by atoms with van der Waals surface area (Å²) >= 11 is 0. The van der Waals surface area contributed by atoms with Gasteiger partial charge in [0.05, 0.1) is 12.8 Å². The van der Waals surface area contributed by atoms with Gasteiger partial charge in [0.1, 0.15) is 5.76 Å². The van der Waals surface area contributed by atoms with Gasteiger partial charge in [0.15, 0.2) is 0 Å². The van der Waals surface area contributed by atoms with Crippen LogP contribution < -0.4 is 0 Å². The molecular weight excluding hydrogens is 398 g/mol. The van der Waals surface area contributed by atoms with E-state index in [1.54, 1.807) is 12.1 Å². The first-order chi connectivity index (χ1) is 15.7. The summed E-state index contributed by atoms with van der Waals surface area (Å²) in [4.78, 5) is 16.7. The van der Waals surface area contributed by atoms with Gasteiger partial charge in [0.2, 0.25) is 5.76 Å². The van der Waals surface area contributed by atoms with Crippen LogP contribution in [0.4, 0.5) is 0 Å². The Morgan fingerprint density at radius 1 is 1.12 bits per heavy atom. The van der Waals surface area contributed by atoms with Crippen LogP contribution in [-0.2, 0) is 4.74 Å². The molecule has 32 heavy (non-hydrogen) atoms. The largest absolute Gasteiger partial charge is 0.463 e. The van der Waals surface area contributed by atoms with E-state index in [-0.39, 0.29) is 5.76 Å². The van der Waals surface area contributed by atoms with Crippen LogP contribution in [0.3, 0.4) is 0 Å². The fourth-order valence-corrected chi connectivity index (χ4v) is 5.00. The third-order valence-electron chi connectivity index (χ3n) is 6.73. The summed E-state index contributed by atoms with van der Waals surface area (Å²) in [5, 5.41) is 0. The van der Waals surface area contributed by atoms with Crippen molar-refractivity contribution in [2.24, 2.45) is 10.9 Å². The van der Waals surface area contributed by atoms with Crippen LogP contribution in [0.5, 0.6) is 0 Å². The summed E-state index contributed by atoms with van der Waals surface area (Å²) in [6, 6.07) is 3.44. The van der Waals surface area contributed by atoms with Crippen molar-refractivity contribution in [2.75, 3.05) is 7.11 Å².